The zero-order valence-electron chi connectivity index (χ0n) is 18.4. The van der Waals surface area contributed by atoms with Gasteiger partial charge in [-0.25, -0.2) is 9.69 Å². The normalized spacial score (nSPS) is 25.2. The average molecular weight is 444 g/mol. The van der Waals surface area contributed by atoms with Crippen LogP contribution in [0.1, 0.15) is 29.3 Å². The number of carbonyl (C=O) groups is 4. The van der Waals surface area contributed by atoms with Crippen molar-refractivity contribution in [2.24, 2.45) is 23.7 Å². The molecule has 1 heterocycles. The van der Waals surface area contributed by atoms with Gasteiger partial charge in [-0.1, -0.05) is 35.4 Å². The Balaban J connectivity index is 1.25. The summed E-state index contributed by atoms with van der Waals surface area (Å²) in [4.78, 5) is 52.1. The first-order valence-corrected chi connectivity index (χ1v) is 11.0. The Kier molecular flexibility index (Phi) is 5.12. The van der Waals surface area contributed by atoms with Crippen molar-refractivity contribution in [1.82, 2.24) is 0 Å². The second-order valence-corrected chi connectivity index (χ2v) is 9.02. The van der Waals surface area contributed by atoms with E-state index in [1.54, 1.807) is 24.3 Å². The Morgan fingerprint density at radius 2 is 1.76 bits per heavy atom. The number of esters is 1. The standard InChI is InChI=1S/C26H24N2O5/c1-14-6-8-18(9-7-14)27-21(29)13-33-26(32)16-4-3-5-19(11-16)28-24(30)22-17-10-15(2)20(12-17)23(22)25(28)31/h3-11,17,20,22-23H,12-13H2,1-2H3,(H,27,29)/t17-,20+,22+,23+/m0/s1. The zero-order chi connectivity index (χ0) is 23.3. The van der Waals surface area contributed by atoms with Gasteiger partial charge >= 0.3 is 5.97 Å². The van der Waals surface area contributed by atoms with Gasteiger partial charge in [0, 0.05) is 5.69 Å². The summed E-state index contributed by atoms with van der Waals surface area (Å²) in [5, 5.41) is 2.67. The van der Waals surface area contributed by atoms with Gasteiger partial charge in [0.2, 0.25) is 11.8 Å². The molecule has 33 heavy (non-hydrogen) atoms. The second-order valence-electron chi connectivity index (χ2n) is 9.02. The molecular weight excluding hydrogens is 420 g/mol. The van der Waals surface area contributed by atoms with Crippen LogP contribution in [0.15, 0.2) is 60.2 Å². The van der Waals surface area contributed by atoms with E-state index in [4.69, 9.17) is 4.74 Å². The van der Waals surface area contributed by atoms with Crippen LogP contribution < -0.4 is 10.2 Å². The van der Waals surface area contributed by atoms with E-state index in [9.17, 15) is 19.2 Å². The molecule has 0 spiro atoms. The third-order valence-electron chi connectivity index (χ3n) is 6.89. The third kappa shape index (κ3) is 3.63. The molecule has 2 aromatic rings. The molecule has 0 aromatic heterocycles. The molecule has 7 nitrogen and oxygen atoms in total. The second kappa shape index (κ2) is 7.99. The highest BCUT2D eigenvalue weighted by Crippen LogP contribution is 2.55. The number of amides is 3. The van der Waals surface area contributed by atoms with E-state index in [1.807, 2.05) is 26.0 Å². The predicted molar refractivity (Wildman–Crippen MR) is 121 cm³/mol. The van der Waals surface area contributed by atoms with E-state index in [0.717, 1.165) is 12.0 Å². The van der Waals surface area contributed by atoms with Crippen molar-refractivity contribution in [2.45, 2.75) is 20.3 Å². The smallest absolute Gasteiger partial charge is 0.338 e. The van der Waals surface area contributed by atoms with Crippen molar-refractivity contribution in [2.75, 3.05) is 16.8 Å². The Morgan fingerprint density at radius 1 is 1.03 bits per heavy atom. The van der Waals surface area contributed by atoms with Crippen LogP contribution in [0.3, 0.4) is 0 Å². The number of allylic oxidation sites excluding steroid dienone is 2. The van der Waals surface area contributed by atoms with Crippen molar-refractivity contribution < 1.29 is 23.9 Å². The fourth-order valence-corrected chi connectivity index (χ4v) is 5.35. The lowest BCUT2D eigenvalue weighted by Crippen LogP contribution is -2.33. The first-order valence-electron chi connectivity index (χ1n) is 11.0. The maximum atomic E-state index is 13.1. The molecule has 7 heteroatoms. The van der Waals surface area contributed by atoms with Crippen LogP contribution >= 0.6 is 0 Å². The summed E-state index contributed by atoms with van der Waals surface area (Å²) < 4.78 is 5.14. The molecule has 0 radical (unpaired) electrons. The van der Waals surface area contributed by atoms with Gasteiger partial charge < -0.3 is 10.1 Å². The third-order valence-corrected chi connectivity index (χ3v) is 6.89. The molecule has 4 atom stereocenters. The van der Waals surface area contributed by atoms with Gasteiger partial charge in [-0.05, 0) is 62.4 Å². The summed E-state index contributed by atoms with van der Waals surface area (Å²) in [5.41, 5.74) is 3.39. The van der Waals surface area contributed by atoms with Crippen molar-refractivity contribution in [1.29, 1.82) is 0 Å². The highest BCUT2D eigenvalue weighted by Gasteiger charge is 2.60. The number of benzene rings is 2. The summed E-state index contributed by atoms with van der Waals surface area (Å²) in [7, 11) is 0. The van der Waals surface area contributed by atoms with Crippen LogP contribution in [-0.2, 0) is 19.1 Å². The van der Waals surface area contributed by atoms with Crippen molar-refractivity contribution in [3.63, 3.8) is 0 Å². The molecule has 2 aliphatic carbocycles. The molecule has 1 saturated carbocycles. The molecule has 1 N–H and O–H groups in total. The van der Waals surface area contributed by atoms with Gasteiger partial charge in [-0.15, -0.1) is 0 Å². The Bertz CT molecular complexity index is 1200. The number of aryl methyl sites for hydroxylation is 1. The monoisotopic (exact) mass is 444 g/mol. The van der Waals surface area contributed by atoms with Gasteiger partial charge in [-0.3, -0.25) is 14.4 Å². The van der Waals surface area contributed by atoms with Crippen molar-refractivity contribution in [3.8, 4) is 0 Å². The molecule has 3 amide bonds. The maximum Gasteiger partial charge on any atom is 0.338 e. The molecule has 3 aliphatic rings. The summed E-state index contributed by atoms with van der Waals surface area (Å²) in [5.74, 6) is -1.95. The van der Waals surface area contributed by atoms with Crippen LogP contribution in [0.2, 0.25) is 0 Å². The van der Waals surface area contributed by atoms with E-state index in [1.165, 1.54) is 22.6 Å². The largest absolute Gasteiger partial charge is 0.452 e. The Hall–Kier alpha value is -3.74. The fourth-order valence-electron chi connectivity index (χ4n) is 5.35. The van der Waals surface area contributed by atoms with Gasteiger partial charge in [0.1, 0.15) is 0 Å². The highest BCUT2D eigenvalue weighted by molar-refractivity contribution is 6.23. The number of fused-ring (bicyclic) bond motifs is 5. The van der Waals surface area contributed by atoms with E-state index in [2.05, 4.69) is 11.4 Å². The van der Waals surface area contributed by atoms with E-state index >= 15 is 0 Å². The summed E-state index contributed by atoms with van der Waals surface area (Å²) in [6.07, 6.45) is 2.99. The SMILES string of the molecule is CC1=C[C@H]2C[C@H]1[C@H]1C(=O)N(c3cccc(C(=O)OCC(=O)Nc4ccc(C)cc4)c3)C(=O)[C@@H]12. The lowest BCUT2D eigenvalue weighted by molar-refractivity contribution is -0.123. The minimum Gasteiger partial charge on any atom is -0.452 e. The van der Waals surface area contributed by atoms with E-state index < -0.39 is 18.5 Å². The minimum atomic E-state index is -0.701. The fraction of sp³-hybridized carbons (Fsp3) is 0.308. The lowest BCUT2D eigenvalue weighted by atomic mass is 9.82. The molecule has 5 rings (SSSR count). The summed E-state index contributed by atoms with van der Waals surface area (Å²) in [6, 6.07) is 13.5. The maximum absolute atomic E-state index is 13.1. The first-order chi connectivity index (χ1) is 15.8. The molecular formula is C26H24N2O5. The van der Waals surface area contributed by atoms with Gasteiger partial charge in [-0.2, -0.15) is 0 Å². The van der Waals surface area contributed by atoms with Crippen LogP contribution in [0, 0.1) is 30.6 Å². The summed E-state index contributed by atoms with van der Waals surface area (Å²) >= 11 is 0. The number of nitrogens with one attached hydrogen (secondary N) is 1. The first kappa shape index (κ1) is 21.1. The topological polar surface area (TPSA) is 92.8 Å². The number of anilines is 2. The number of nitrogens with zero attached hydrogens (tertiary/aromatic N) is 1. The van der Waals surface area contributed by atoms with Crippen LogP contribution in [-0.4, -0.2) is 30.3 Å². The van der Waals surface area contributed by atoms with Crippen LogP contribution in [0.4, 0.5) is 11.4 Å². The number of hydrogen-bond donors (Lipinski definition) is 1. The minimum absolute atomic E-state index is 0.113. The molecule has 2 bridgehead atoms. The lowest BCUT2D eigenvalue weighted by Gasteiger charge is -2.19. The van der Waals surface area contributed by atoms with Gasteiger partial charge in [0.25, 0.3) is 5.91 Å². The molecule has 2 aromatic carbocycles. The molecule has 1 saturated heterocycles. The molecule has 1 aliphatic heterocycles. The van der Waals surface area contributed by atoms with Gasteiger partial charge in [0.05, 0.1) is 23.1 Å². The predicted octanol–water partition coefficient (Wildman–Crippen LogP) is 3.49. The zero-order valence-corrected chi connectivity index (χ0v) is 18.4. The number of ether oxygens (including phenoxy) is 1. The van der Waals surface area contributed by atoms with Crippen LogP contribution in [0.25, 0.3) is 0 Å². The number of rotatable bonds is 5. The number of carbonyl (C=O) groups excluding carboxylic acids is 4. The molecule has 0 unspecified atom stereocenters. The van der Waals surface area contributed by atoms with E-state index in [-0.39, 0.29) is 41.0 Å². The highest BCUT2D eigenvalue weighted by atomic mass is 16.5. The van der Waals surface area contributed by atoms with E-state index in [0.29, 0.717) is 11.4 Å². The number of hydrogen-bond acceptors (Lipinski definition) is 5. The van der Waals surface area contributed by atoms with Gasteiger partial charge in [0.15, 0.2) is 6.61 Å². The van der Waals surface area contributed by atoms with Crippen molar-refractivity contribution in [3.05, 3.63) is 71.3 Å². The molecule has 168 valence electrons. The quantitative estimate of drug-likeness (QED) is 0.433. The summed E-state index contributed by atoms with van der Waals surface area (Å²) in [6.45, 7) is 3.52. The average Bonchev–Trinajstić information content (AvgIpc) is 3.44. The van der Waals surface area contributed by atoms with Crippen molar-refractivity contribution >= 4 is 35.1 Å². The Morgan fingerprint density at radius 3 is 2.52 bits per heavy atom. The Labute approximate surface area is 191 Å². The molecule has 2 fully saturated rings. The number of imide groups is 1. The van der Waals surface area contributed by atoms with Crippen LogP contribution in [0.5, 0.6) is 0 Å².